The molecule has 9 nitrogen and oxygen atoms in total. The summed E-state index contributed by atoms with van der Waals surface area (Å²) in [5.74, 6) is -1.57. The van der Waals surface area contributed by atoms with E-state index in [-0.39, 0.29) is 33.1 Å². The van der Waals surface area contributed by atoms with Gasteiger partial charge < -0.3 is 13.8 Å². The molecule has 1 aliphatic rings. The number of carbonyl (C=O) groups is 1. The van der Waals surface area contributed by atoms with Crippen molar-refractivity contribution in [2.45, 2.75) is 18.2 Å². The summed E-state index contributed by atoms with van der Waals surface area (Å²) >= 11 is 0. The van der Waals surface area contributed by atoms with E-state index >= 15 is 0 Å². The third-order valence-electron chi connectivity index (χ3n) is 5.18. The Hall–Kier alpha value is -3.73. The van der Waals surface area contributed by atoms with Crippen LogP contribution in [0.15, 0.2) is 56.3 Å². The molecule has 32 heavy (non-hydrogen) atoms. The van der Waals surface area contributed by atoms with Gasteiger partial charge in [0.2, 0.25) is 0 Å². The summed E-state index contributed by atoms with van der Waals surface area (Å²) in [5, 5.41) is 3.76. The van der Waals surface area contributed by atoms with Crippen LogP contribution in [0.25, 0.3) is 22.4 Å². The normalized spacial score (nSPS) is 13.9. The van der Waals surface area contributed by atoms with Gasteiger partial charge in [0.05, 0.1) is 10.9 Å². The Morgan fingerprint density at radius 2 is 1.97 bits per heavy atom. The van der Waals surface area contributed by atoms with Crippen molar-refractivity contribution in [3.8, 4) is 11.5 Å². The molecule has 2 aromatic carbocycles. The maximum Gasteiger partial charge on any atom is 0.300 e. The molecule has 0 unspecified atom stereocenters. The summed E-state index contributed by atoms with van der Waals surface area (Å²) in [6, 6.07) is 10.1. The second-order valence-corrected chi connectivity index (χ2v) is 9.02. The monoisotopic (exact) mass is 456 g/mol. The van der Waals surface area contributed by atoms with Gasteiger partial charge in [-0.25, -0.2) is 17.5 Å². The molecular formula is C21H17FN4O5S. The number of benzene rings is 2. The number of aryl methyl sites for hydroxylation is 1. The first-order valence-corrected chi connectivity index (χ1v) is 11.2. The van der Waals surface area contributed by atoms with Crippen LogP contribution in [-0.2, 0) is 10.0 Å². The Morgan fingerprint density at radius 1 is 1.19 bits per heavy atom. The number of halogens is 1. The van der Waals surface area contributed by atoms with Gasteiger partial charge in [0.1, 0.15) is 16.3 Å². The van der Waals surface area contributed by atoms with Crippen LogP contribution >= 0.6 is 0 Å². The second kappa shape index (κ2) is 7.45. The Bertz CT molecular complexity index is 1460. The van der Waals surface area contributed by atoms with Crippen molar-refractivity contribution in [1.82, 2.24) is 14.9 Å². The Morgan fingerprint density at radius 3 is 2.66 bits per heavy atom. The molecule has 164 valence electrons. The number of amides is 1. The van der Waals surface area contributed by atoms with Gasteiger partial charge in [-0.3, -0.25) is 4.79 Å². The molecule has 1 saturated heterocycles. The number of furan rings is 1. The lowest BCUT2D eigenvalue weighted by Gasteiger charge is -2.33. The minimum absolute atomic E-state index is 0.000237. The molecule has 0 saturated carbocycles. The van der Waals surface area contributed by atoms with Gasteiger partial charge in [0.25, 0.3) is 15.9 Å². The van der Waals surface area contributed by atoms with Crippen LogP contribution in [0, 0.1) is 12.7 Å². The van der Waals surface area contributed by atoms with E-state index in [0.717, 1.165) is 19.5 Å². The summed E-state index contributed by atoms with van der Waals surface area (Å²) in [4.78, 5) is 18.5. The highest BCUT2D eigenvalue weighted by atomic mass is 32.2. The molecule has 1 N–H and O–H groups in total. The van der Waals surface area contributed by atoms with Gasteiger partial charge in [-0.15, -0.1) is 0 Å². The molecule has 0 aliphatic carbocycles. The summed E-state index contributed by atoms with van der Waals surface area (Å²) in [6.07, 6.45) is 1.02. The first-order chi connectivity index (χ1) is 15.3. The quantitative estimate of drug-likeness (QED) is 0.486. The van der Waals surface area contributed by atoms with E-state index in [9.17, 15) is 17.6 Å². The van der Waals surface area contributed by atoms with Crippen molar-refractivity contribution in [2.24, 2.45) is 0 Å². The number of aromatic nitrogens is 2. The first kappa shape index (κ1) is 20.2. The molecule has 1 amide bonds. The number of nitrogens with zero attached hydrogens (tertiary/aromatic N) is 3. The predicted molar refractivity (Wildman–Crippen MR) is 112 cm³/mol. The summed E-state index contributed by atoms with van der Waals surface area (Å²) in [5.41, 5.74) is 0.957. The molecule has 1 fully saturated rings. The van der Waals surface area contributed by atoms with Crippen LogP contribution in [0.4, 0.5) is 10.1 Å². The van der Waals surface area contributed by atoms with Gasteiger partial charge in [0.15, 0.2) is 11.6 Å². The topological polar surface area (TPSA) is 119 Å². The van der Waals surface area contributed by atoms with Crippen LogP contribution in [0.3, 0.4) is 0 Å². The lowest BCUT2D eigenvalue weighted by atomic mass is 10.1. The van der Waals surface area contributed by atoms with Crippen LogP contribution in [0.2, 0.25) is 0 Å². The van der Waals surface area contributed by atoms with Crippen LogP contribution in [0.1, 0.15) is 22.8 Å². The number of rotatable bonds is 5. The molecular weight excluding hydrogens is 439 g/mol. The van der Waals surface area contributed by atoms with E-state index in [1.165, 1.54) is 30.3 Å². The largest absolute Gasteiger partial charge is 0.451 e. The zero-order valence-corrected chi connectivity index (χ0v) is 17.6. The number of nitrogens with one attached hydrogen (secondary N) is 1. The van der Waals surface area contributed by atoms with E-state index < -0.39 is 21.7 Å². The molecule has 1 aliphatic heterocycles. The number of fused-ring (bicyclic) bond motifs is 1. The van der Waals surface area contributed by atoms with E-state index in [1.54, 1.807) is 19.1 Å². The van der Waals surface area contributed by atoms with Gasteiger partial charge in [-0.1, -0.05) is 17.3 Å². The number of hydrogen-bond acceptors (Lipinski definition) is 8. The SMILES string of the molecule is Cc1noc(-c2ccccc2S(=O)(=O)NC(=O)c2cc3c(F)cc(N4CCC4)cc3o2)n1. The van der Waals surface area contributed by atoms with Crippen molar-refractivity contribution < 1.29 is 26.5 Å². The Kier molecular flexibility index (Phi) is 4.70. The summed E-state index contributed by atoms with van der Waals surface area (Å²) < 4.78 is 52.9. The zero-order valence-electron chi connectivity index (χ0n) is 16.8. The van der Waals surface area contributed by atoms with Gasteiger partial charge in [0, 0.05) is 30.9 Å². The van der Waals surface area contributed by atoms with Crippen molar-refractivity contribution in [1.29, 1.82) is 0 Å². The molecule has 0 radical (unpaired) electrons. The standard InChI is InChI=1S/C21H17FN4O5S/c1-12-23-21(31-24-12)14-5-2-3-6-19(14)32(28,29)25-20(27)18-11-15-16(22)9-13(10-17(15)30-18)26-7-4-8-26/h2-3,5-6,9-11H,4,7-8H2,1H3,(H,25,27). The fourth-order valence-electron chi connectivity index (χ4n) is 3.46. The van der Waals surface area contributed by atoms with Crippen molar-refractivity contribution in [2.75, 3.05) is 18.0 Å². The van der Waals surface area contributed by atoms with E-state index in [2.05, 4.69) is 10.1 Å². The van der Waals surface area contributed by atoms with Gasteiger partial charge in [-0.2, -0.15) is 4.98 Å². The van der Waals surface area contributed by atoms with Crippen molar-refractivity contribution in [3.05, 3.63) is 59.9 Å². The van der Waals surface area contributed by atoms with Crippen LogP contribution in [-0.4, -0.2) is 37.6 Å². The number of sulfonamides is 1. The molecule has 0 atom stereocenters. The van der Waals surface area contributed by atoms with Gasteiger partial charge in [-0.05, 0) is 31.5 Å². The van der Waals surface area contributed by atoms with E-state index in [0.29, 0.717) is 11.5 Å². The highest BCUT2D eigenvalue weighted by molar-refractivity contribution is 7.90. The molecule has 5 rings (SSSR count). The van der Waals surface area contributed by atoms with Crippen LogP contribution in [0.5, 0.6) is 0 Å². The smallest absolute Gasteiger partial charge is 0.300 e. The third-order valence-corrected chi connectivity index (χ3v) is 6.57. The molecule has 2 aromatic heterocycles. The number of carbonyl (C=O) groups excluding carboxylic acids is 1. The summed E-state index contributed by atoms with van der Waals surface area (Å²) in [6.45, 7) is 3.23. The fourth-order valence-corrected chi connectivity index (χ4v) is 4.62. The molecule has 11 heteroatoms. The van der Waals surface area contributed by atoms with Crippen LogP contribution < -0.4 is 9.62 Å². The summed E-state index contributed by atoms with van der Waals surface area (Å²) in [7, 11) is -4.33. The highest BCUT2D eigenvalue weighted by Crippen LogP contribution is 2.31. The Balaban J connectivity index is 1.46. The lowest BCUT2D eigenvalue weighted by Crippen LogP contribution is -2.36. The highest BCUT2D eigenvalue weighted by Gasteiger charge is 2.27. The fraction of sp³-hybridized carbons (Fsp3) is 0.190. The number of anilines is 1. The molecule has 3 heterocycles. The lowest BCUT2D eigenvalue weighted by molar-refractivity contribution is 0.0956. The van der Waals surface area contributed by atoms with E-state index in [4.69, 9.17) is 8.94 Å². The van der Waals surface area contributed by atoms with E-state index in [1.807, 2.05) is 9.62 Å². The van der Waals surface area contributed by atoms with Crippen molar-refractivity contribution in [3.63, 3.8) is 0 Å². The van der Waals surface area contributed by atoms with Crippen molar-refractivity contribution >= 4 is 32.6 Å². The second-order valence-electron chi connectivity index (χ2n) is 7.37. The average Bonchev–Trinajstić information content (AvgIpc) is 3.33. The minimum Gasteiger partial charge on any atom is -0.451 e. The molecule has 0 bridgehead atoms. The third kappa shape index (κ3) is 3.50. The Labute approximate surface area is 181 Å². The molecule has 0 spiro atoms. The van der Waals surface area contributed by atoms with Gasteiger partial charge >= 0.3 is 5.91 Å². The zero-order chi connectivity index (χ0) is 22.5. The average molecular weight is 456 g/mol. The number of hydrogen-bond donors (Lipinski definition) is 1. The molecule has 4 aromatic rings. The maximum atomic E-state index is 14.5. The minimum atomic E-state index is -4.33. The maximum absolute atomic E-state index is 14.5. The first-order valence-electron chi connectivity index (χ1n) is 9.77. The predicted octanol–water partition coefficient (Wildman–Crippen LogP) is 3.26.